The number of nitrogens with one attached hydrogen (secondary N) is 1. The van der Waals surface area contributed by atoms with Crippen molar-refractivity contribution in [3.8, 4) is 0 Å². The summed E-state index contributed by atoms with van der Waals surface area (Å²) < 4.78 is 0. The first kappa shape index (κ1) is 15.8. The zero-order valence-corrected chi connectivity index (χ0v) is 13.4. The summed E-state index contributed by atoms with van der Waals surface area (Å²) in [5, 5.41) is 13.0. The molecule has 2 N–H and O–H groups in total. The third kappa shape index (κ3) is 3.17. The molecule has 1 aliphatic heterocycles. The molecule has 116 valence electrons. The maximum absolute atomic E-state index is 11.7. The Hall–Kier alpha value is -0.610. The summed E-state index contributed by atoms with van der Waals surface area (Å²) in [6, 6.07) is 0.650. The number of rotatable bonds is 4. The van der Waals surface area contributed by atoms with Crippen molar-refractivity contribution >= 4 is 5.97 Å². The molecule has 0 aromatic heterocycles. The molecule has 4 unspecified atom stereocenters. The first-order chi connectivity index (χ1) is 9.34. The maximum atomic E-state index is 11.7. The predicted molar refractivity (Wildman–Crippen MR) is 80.8 cm³/mol. The quantitative estimate of drug-likeness (QED) is 0.831. The molecule has 0 aromatic rings. The molecule has 4 heteroatoms. The van der Waals surface area contributed by atoms with Crippen LogP contribution >= 0.6 is 0 Å². The van der Waals surface area contributed by atoms with Crippen LogP contribution in [0.4, 0.5) is 0 Å². The van der Waals surface area contributed by atoms with Gasteiger partial charge in [0.05, 0.1) is 0 Å². The second-order valence-electron chi connectivity index (χ2n) is 7.32. The number of hydrogen-bond acceptors (Lipinski definition) is 3. The van der Waals surface area contributed by atoms with E-state index in [4.69, 9.17) is 0 Å². The Labute approximate surface area is 122 Å². The van der Waals surface area contributed by atoms with Gasteiger partial charge in [0.15, 0.2) is 0 Å². The number of likely N-dealkylation sites (tertiary alicyclic amines) is 1. The van der Waals surface area contributed by atoms with Gasteiger partial charge in [0.1, 0.15) is 5.54 Å². The van der Waals surface area contributed by atoms with E-state index in [0.717, 1.165) is 44.2 Å². The van der Waals surface area contributed by atoms with Crippen molar-refractivity contribution in [2.24, 2.45) is 11.8 Å². The Bertz CT molecular complexity index is 358. The second kappa shape index (κ2) is 6.02. The molecule has 1 aliphatic carbocycles. The van der Waals surface area contributed by atoms with Gasteiger partial charge in [-0.3, -0.25) is 10.1 Å². The van der Waals surface area contributed by atoms with Crippen LogP contribution in [0, 0.1) is 11.8 Å². The fourth-order valence-electron chi connectivity index (χ4n) is 3.90. The van der Waals surface area contributed by atoms with Gasteiger partial charge in [0.2, 0.25) is 0 Å². The lowest BCUT2D eigenvalue weighted by atomic mass is 9.87. The highest BCUT2D eigenvalue weighted by Gasteiger charge is 2.47. The van der Waals surface area contributed by atoms with Crippen molar-refractivity contribution in [2.75, 3.05) is 13.1 Å². The van der Waals surface area contributed by atoms with Gasteiger partial charge in [-0.2, -0.15) is 0 Å². The number of carbonyl (C=O) groups is 1. The number of piperidine rings is 1. The largest absolute Gasteiger partial charge is 0.480 e. The number of aliphatic carboxylic acids is 1. The van der Waals surface area contributed by atoms with Crippen molar-refractivity contribution in [3.05, 3.63) is 0 Å². The molecule has 0 aromatic carbocycles. The average molecular weight is 282 g/mol. The average Bonchev–Trinajstić information content (AvgIpc) is 2.77. The van der Waals surface area contributed by atoms with E-state index in [1.807, 2.05) is 13.8 Å². The summed E-state index contributed by atoms with van der Waals surface area (Å²) in [6.45, 7) is 11.0. The van der Waals surface area contributed by atoms with Crippen molar-refractivity contribution < 1.29 is 9.90 Å². The third-order valence-electron chi connectivity index (χ3n) is 5.34. The number of carboxylic acids is 1. The Morgan fingerprint density at radius 1 is 1.30 bits per heavy atom. The molecule has 0 bridgehead atoms. The molecule has 20 heavy (non-hydrogen) atoms. The summed E-state index contributed by atoms with van der Waals surface area (Å²) in [6.07, 6.45) is 3.76. The lowest BCUT2D eigenvalue weighted by Crippen LogP contribution is -2.54. The highest BCUT2D eigenvalue weighted by molar-refractivity contribution is 5.79. The van der Waals surface area contributed by atoms with Crippen molar-refractivity contribution in [1.29, 1.82) is 0 Å². The van der Waals surface area contributed by atoms with Gasteiger partial charge in [-0.1, -0.05) is 13.8 Å². The molecule has 1 heterocycles. The predicted octanol–water partition coefficient (Wildman–Crippen LogP) is 2.34. The topological polar surface area (TPSA) is 52.6 Å². The molecular formula is C16H30N2O2. The van der Waals surface area contributed by atoms with E-state index in [1.54, 1.807) is 0 Å². The fraction of sp³-hybridized carbons (Fsp3) is 0.938. The molecule has 1 saturated heterocycles. The smallest absolute Gasteiger partial charge is 0.323 e. The number of nitrogens with zero attached hydrogens (tertiary/aromatic N) is 1. The van der Waals surface area contributed by atoms with E-state index in [-0.39, 0.29) is 6.04 Å². The molecular weight excluding hydrogens is 252 g/mol. The molecule has 2 aliphatic rings. The zero-order valence-electron chi connectivity index (χ0n) is 13.4. The van der Waals surface area contributed by atoms with Gasteiger partial charge in [0.25, 0.3) is 0 Å². The first-order valence-corrected chi connectivity index (χ1v) is 8.09. The van der Waals surface area contributed by atoms with Gasteiger partial charge in [-0.05, 0) is 57.9 Å². The van der Waals surface area contributed by atoms with Crippen molar-refractivity contribution in [2.45, 2.75) is 71.0 Å². The molecule has 0 radical (unpaired) electrons. The van der Waals surface area contributed by atoms with Gasteiger partial charge < -0.3 is 10.0 Å². The second-order valence-corrected chi connectivity index (χ2v) is 7.32. The van der Waals surface area contributed by atoms with Crippen LogP contribution in [-0.4, -0.2) is 46.7 Å². The van der Waals surface area contributed by atoms with Crippen LogP contribution < -0.4 is 5.32 Å². The van der Waals surface area contributed by atoms with E-state index in [9.17, 15) is 9.90 Å². The first-order valence-electron chi connectivity index (χ1n) is 8.09. The SMILES string of the molecule is CC(C)NC1(C(=O)O)CCC(N2CCC(C)C(C)C2)C1. The fourth-order valence-corrected chi connectivity index (χ4v) is 3.90. The lowest BCUT2D eigenvalue weighted by Gasteiger charge is -2.39. The molecule has 4 nitrogen and oxygen atoms in total. The highest BCUT2D eigenvalue weighted by Crippen LogP contribution is 2.36. The van der Waals surface area contributed by atoms with Gasteiger partial charge in [0, 0.05) is 18.6 Å². The molecule has 1 saturated carbocycles. The van der Waals surface area contributed by atoms with Crippen LogP contribution in [0.5, 0.6) is 0 Å². The van der Waals surface area contributed by atoms with Crippen LogP contribution in [0.2, 0.25) is 0 Å². The van der Waals surface area contributed by atoms with Crippen LogP contribution in [0.1, 0.15) is 53.4 Å². The van der Waals surface area contributed by atoms with Gasteiger partial charge in [-0.25, -0.2) is 0 Å². The van der Waals surface area contributed by atoms with Gasteiger partial charge >= 0.3 is 5.97 Å². The summed E-state index contributed by atoms with van der Waals surface area (Å²) in [7, 11) is 0. The van der Waals surface area contributed by atoms with E-state index >= 15 is 0 Å². The minimum absolute atomic E-state index is 0.213. The summed E-state index contributed by atoms with van der Waals surface area (Å²) in [4.78, 5) is 14.3. The summed E-state index contributed by atoms with van der Waals surface area (Å²) in [5.41, 5.74) is -0.703. The Morgan fingerprint density at radius 3 is 2.55 bits per heavy atom. The van der Waals surface area contributed by atoms with Crippen LogP contribution in [0.15, 0.2) is 0 Å². The van der Waals surface area contributed by atoms with Crippen molar-refractivity contribution in [3.63, 3.8) is 0 Å². The maximum Gasteiger partial charge on any atom is 0.323 e. The standard InChI is InChI=1S/C16H30N2O2/c1-11(2)17-16(15(19)20)7-5-14(9-16)18-8-6-12(3)13(4)10-18/h11-14,17H,5-10H2,1-4H3,(H,19,20). The van der Waals surface area contributed by atoms with Gasteiger partial charge in [-0.15, -0.1) is 0 Å². The Kier molecular flexibility index (Phi) is 4.75. The van der Waals surface area contributed by atoms with Crippen LogP contribution in [0.25, 0.3) is 0 Å². The summed E-state index contributed by atoms with van der Waals surface area (Å²) >= 11 is 0. The van der Waals surface area contributed by atoms with E-state index in [0.29, 0.717) is 6.04 Å². The molecule has 0 spiro atoms. The van der Waals surface area contributed by atoms with E-state index < -0.39 is 11.5 Å². The lowest BCUT2D eigenvalue weighted by molar-refractivity contribution is -0.145. The van der Waals surface area contributed by atoms with Crippen LogP contribution in [-0.2, 0) is 4.79 Å². The number of hydrogen-bond donors (Lipinski definition) is 2. The van der Waals surface area contributed by atoms with E-state index in [2.05, 4.69) is 24.1 Å². The van der Waals surface area contributed by atoms with Crippen molar-refractivity contribution in [1.82, 2.24) is 10.2 Å². The minimum atomic E-state index is -0.703. The van der Waals surface area contributed by atoms with E-state index in [1.165, 1.54) is 6.42 Å². The normalized spacial score (nSPS) is 39.4. The summed E-state index contributed by atoms with van der Waals surface area (Å²) in [5.74, 6) is 0.847. The third-order valence-corrected chi connectivity index (χ3v) is 5.34. The highest BCUT2D eigenvalue weighted by atomic mass is 16.4. The molecule has 0 amide bonds. The van der Waals surface area contributed by atoms with Crippen LogP contribution in [0.3, 0.4) is 0 Å². The molecule has 2 rings (SSSR count). The zero-order chi connectivity index (χ0) is 14.9. The minimum Gasteiger partial charge on any atom is -0.480 e. The Balaban J connectivity index is 2.01. The molecule has 2 fully saturated rings. The molecule has 4 atom stereocenters. The Morgan fingerprint density at radius 2 is 2.00 bits per heavy atom. The monoisotopic (exact) mass is 282 g/mol. The number of carboxylic acid groups (broad SMARTS) is 1.